The summed E-state index contributed by atoms with van der Waals surface area (Å²) < 4.78 is 56.5. The molecule has 1 aromatic rings. The van der Waals surface area contributed by atoms with Gasteiger partial charge < -0.3 is 28.8 Å². The molecule has 0 radical (unpaired) electrons. The third kappa shape index (κ3) is 12.2. The number of benzene rings is 1. The summed E-state index contributed by atoms with van der Waals surface area (Å²) >= 11 is 0. The van der Waals surface area contributed by atoms with Gasteiger partial charge in [-0.1, -0.05) is 24.6 Å². The van der Waals surface area contributed by atoms with Crippen LogP contribution >= 0.6 is 0 Å². The van der Waals surface area contributed by atoms with E-state index in [0.717, 1.165) is 5.56 Å². The molecule has 0 bridgehead atoms. The van der Waals surface area contributed by atoms with Crippen molar-refractivity contribution in [2.45, 2.75) is 84.6 Å². The van der Waals surface area contributed by atoms with Gasteiger partial charge in [-0.2, -0.15) is 8.42 Å². The normalized spacial score (nSPS) is 17.8. The third-order valence-corrected chi connectivity index (χ3v) is 9.60. The first kappa shape index (κ1) is 40.1. The molecule has 266 valence electrons. The molecule has 2 rings (SSSR count). The number of ether oxygens (including phenoxy) is 5. The number of rotatable bonds is 21. The Labute approximate surface area is 277 Å². The van der Waals surface area contributed by atoms with Gasteiger partial charge in [-0.05, 0) is 72.4 Å². The smallest absolute Gasteiger partial charge is 0.311 e. The highest BCUT2D eigenvalue weighted by atomic mass is 32.2. The Hall–Kier alpha value is -3.07. The molecule has 1 aromatic carbocycles. The van der Waals surface area contributed by atoms with Crippen LogP contribution in [0.4, 0.5) is 0 Å². The van der Waals surface area contributed by atoms with Gasteiger partial charge in [-0.15, -0.1) is 0 Å². The summed E-state index contributed by atoms with van der Waals surface area (Å²) in [5.41, 5.74) is -2.92. The number of carbonyl (C=O) groups excluding carboxylic acids is 4. The molecule has 1 saturated heterocycles. The predicted octanol–water partition coefficient (Wildman–Crippen LogP) is 3.52. The van der Waals surface area contributed by atoms with Crippen LogP contribution in [0.2, 0.25) is 0 Å². The highest BCUT2D eigenvalue weighted by Gasteiger charge is 2.48. The van der Waals surface area contributed by atoms with Crippen molar-refractivity contribution in [3.05, 3.63) is 29.8 Å². The van der Waals surface area contributed by atoms with E-state index in [-0.39, 0.29) is 69.5 Å². The van der Waals surface area contributed by atoms with E-state index in [1.807, 2.05) is 6.92 Å². The monoisotopic (exact) mass is 686 g/mol. The Morgan fingerprint density at radius 1 is 0.915 bits per heavy atom. The maximum atomic E-state index is 13.4. The van der Waals surface area contributed by atoms with E-state index in [2.05, 4.69) is 0 Å². The average molecular weight is 687 g/mol. The number of aryl methyl sites for hydroxylation is 1. The lowest BCUT2D eigenvalue weighted by molar-refractivity contribution is -0.165. The molecule has 1 fully saturated rings. The fraction of sp³-hybridized carbons (Fsp3) is 0.697. The van der Waals surface area contributed by atoms with Gasteiger partial charge in [0, 0.05) is 13.0 Å². The van der Waals surface area contributed by atoms with Crippen molar-refractivity contribution in [2.75, 3.05) is 46.8 Å². The Morgan fingerprint density at radius 3 is 2.09 bits per heavy atom. The second-order valence-electron chi connectivity index (χ2n) is 13.2. The van der Waals surface area contributed by atoms with Crippen molar-refractivity contribution in [1.82, 2.24) is 0 Å². The van der Waals surface area contributed by atoms with Gasteiger partial charge in [-0.25, -0.2) is 0 Å². The minimum atomic E-state index is -4.07. The molecule has 1 aliphatic heterocycles. The molecule has 14 heteroatoms. The van der Waals surface area contributed by atoms with E-state index in [9.17, 15) is 32.7 Å². The van der Waals surface area contributed by atoms with Crippen LogP contribution in [0.25, 0.3) is 0 Å². The highest BCUT2D eigenvalue weighted by Crippen LogP contribution is 2.44. The van der Waals surface area contributed by atoms with Crippen LogP contribution in [0.1, 0.15) is 72.3 Å². The van der Waals surface area contributed by atoms with Crippen LogP contribution in [0.5, 0.6) is 0 Å². The largest absolute Gasteiger partial charge is 0.469 e. The summed E-state index contributed by atoms with van der Waals surface area (Å²) in [7, 11) is -2.86. The van der Waals surface area contributed by atoms with E-state index in [0.29, 0.717) is 6.61 Å². The number of carbonyl (C=O) groups is 4. The van der Waals surface area contributed by atoms with Crippen LogP contribution in [-0.4, -0.2) is 90.3 Å². The minimum absolute atomic E-state index is 0.0302. The average Bonchev–Trinajstić information content (AvgIpc) is 3.85. The van der Waals surface area contributed by atoms with Gasteiger partial charge in [0.05, 0.1) is 47.4 Å². The van der Waals surface area contributed by atoms with E-state index in [4.69, 9.17) is 27.9 Å². The Bertz CT molecular complexity index is 1320. The third-order valence-electron chi connectivity index (χ3n) is 8.28. The van der Waals surface area contributed by atoms with Crippen LogP contribution in [0, 0.1) is 29.1 Å². The number of epoxide rings is 1. The van der Waals surface area contributed by atoms with E-state index in [1.54, 1.807) is 46.8 Å². The zero-order chi connectivity index (χ0) is 35.5. The van der Waals surface area contributed by atoms with Crippen molar-refractivity contribution in [3.63, 3.8) is 0 Å². The lowest BCUT2D eigenvalue weighted by atomic mass is 9.67. The molecule has 1 heterocycles. The summed E-state index contributed by atoms with van der Waals surface area (Å²) in [5.74, 6) is -3.63. The van der Waals surface area contributed by atoms with E-state index in [1.165, 1.54) is 19.2 Å². The Morgan fingerprint density at radius 2 is 1.53 bits per heavy atom. The van der Waals surface area contributed by atoms with Crippen LogP contribution in [0.3, 0.4) is 0 Å². The van der Waals surface area contributed by atoms with Crippen molar-refractivity contribution in [2.24, 2.45) is 22.2 Å². The molecule has 0 spiro atoms. The lowest BCUT2D eigenvalue weighted by Crippen LogP contribution is -2.43. The maximum Gasteiger partial charge on any atom is 0.311 e. The molecule has 1 aliphatic rings. The first-order chi connectivity index (χ1) is 21.9. The quantitative estimate of drug-likeness (QED) is 0.0653. The van der Waals surface area contributed by atoms with Crippen molar-refractivity contribution >= 4 is 34.0 Å². The van der Waals surface area contributed by atoms with Gasteiger partial charge in [-0.3, -0.25) is 23.4 Å². The molecule has 4 atom stereocenters. The van der Waals surface area contributed by atoms with Gasteiger partial charge in [0.2, 0.25) is 0 Å². The van der Waals surface area contributed by atoms with Gasteiger partial charge in [0.1, 0.15) is 25.9 Å². The molecule has 47 heavy (non-hydrogen) atoms. The molecular formula is C33H50O13S. The summed E-state index contributed by atoms with van der Waals surface area (Å²) in [5, 5.41) is 9.18. The molecule has 4 unspecified atom stereocenters. The summed E-state index contributed by atoms with van der Waals surface area (Å²) in [6.45, 7) is 9.52. The lowest BCUT2D eigenvalue weighted by Gasteiger charge is -2.37. The zero-order valence-corrected chi connectivity index (χ0v) is 29.3. The first-order valence-corrected chi connectivity index (χ1v) is 17.1. The number of esters is 4. The van der Waals surface area contributed by atoms with Crippen LogP contribution in [0.15, 0.2) is 29.2 Å². The van der Waals surface area contributed by atoms with E-state index >= 15 is 0 Å². The Balaban J connectivity index is 2.21. The summed E-state index contributed by atoms with van der Waals surface area (Å²) in [6.07, 6.45) is -0.00686. The SMILES string of the molecule is CCC(C)(CC(CC(C)(CC(C)(C)C(=O)OCC1CO1)C(=O)OC)C(=O)OCCCO)C(=O)OCCOS(=O)(=O)c1ccc(C)cc1. The van der Waals surface area contributed by atoms with Crippen LogP contribution in [-0.2, 0) is 57.2 Å². The molecule has 0 amide bonds. The number of methoxy groups -OCH3 is 1. The van der Waals surface area contributed by atoms with Crippen molar-refractivity contribution in [3.8, 4) is 0 Å². The van der Waals surface area contributed by atoms with Crippen molar-refractivity contribution in [1.29, 1.82) is 0 Å². The number of aliphatic hydroxyl groups excluding tert-OH is 1. The predicted molar refractivity (Wildman–Crippen MR) is 168 cm³/mol. The minimum Gasteiger partial charge on any atom is -0.469 e. The fourth-order valence-corrected chi connectivity index (χ4v) is 6.22. The summed E-state index contributed by atoms with van der Waals surface area (Å²) in [6, 6.07) is 6.10. The second kappa shape index (κ2) is 17.4. The van der Waals surface area contributed by atoms with E-state index < -0.39 is 62.8 Å². The number of hydrogen-bond donors (Lipinski definition) is 1. The molecule has 0 saturated carbocycles. The molecule has 0 aromatic heterocycles. The standard InChI is InChI=1S/C33H50O13S/c1-8-32(5,30(38)43-16-17-46-47(39,40)26-12-10-23(2)11-13-26)18-24(27(35)42-15-9-14-34)19-33(6,29(37)41-7)22-31(3,4)28(36)45-21-25-20-44-25/h10-13,24-25,34H,8-9,14-22H2,1-7H3. The maximum absolute atomic E-state index is 13.4. The topological polar surface area (TPSA) is 181 Å². The molecule has 1 N–H and O–H groups in total. The zero-order valence-electron chi connectivity index (χ0n) is 28.5. The van der Waals surface area contributed by atoms with Gasteiger partial charge in [0.25, 0.3) is 10.1 Å². The number of hydrogen-bond acceptors (Lipinski definition) is 13. The fourth-order valence-electron chi connectivity index (χ4n) is 5.33. The summed E-state index contributed by atoms with van der Waals surface area (Å²) in [4.78, 5) is 53.0. The highest BCUT2D eigenvalue weighted by molar-refractivity contribution is 7.86. The van der Waals surface area contributed by atoms with Crippen molar-refractivity contribution < 1.29 is 60.6 Å². The number of aliphatic hydroxyl groups is 1. The van der Waals surface area contributed by atoms with Gasteiger partial charge >= 0.3 is 23.9 Å². The second-order valence-corrected chi connectivity index (χ2v) is 14.8. The van der Waals surface area contributed by atoms with Gasteiger partial charge in [0.15, 0.2) is 0 Å². The molecular weight excluding hydrogens is 636 g/mol. The molecule has 0 aliphatic carbocycles. The first-order valence-electron chi connectivity index (χ1n) is 15.7. The Kier molecular flexibility index (Phi) is 14.8. The molecule has 13 nitrogen and oxygen atoms in total. The van der Waals surface area contributed by atoms with Crippen LogP contribution < -0.4 is 0 Å².